The number of Topliss-reactive ketones (excluding diaryl/α,β-unsaturated/α-hetero) is 1. The normalized spacial score (nSPS) is 14.8. The summed E-state index contributed by atoms with van der Waals surface area (Å²) >= 11 is 5.41. The number of amides is 1. The van der Waals surface area contributed by atoms with E-state index in [0.29, 0.717) is 33.5 Å². The van der Waals surface area contributed by atoms with Gasteiger partial charge in [0.25, 0.3) is 5.56 Å². The quantitative estimate of drug-likeness (QED) is 0.272. The van der Waals surface area contributed by atoms with Gasteiger partial charge in [0.05, 0.1) is 10.9 Å². The van der Waals surface area contributed by atoms with Gasteiger partial charge in [0, 0.05) is 30.6 Å². The van der Waals surface area contributed by atoms with Crippen molar-refractivity contribution in [3.8, 4) is 0 Å². The second kappa shape index (κ2) is 11.0. The van der Waals surface area contributed by atoms with Crippen molar-refractivity contribution in [3.63, 3.8) is 0 Å². The van der Waals surface area contributed by atoms with Crippen LogP contribution in [0.15, 0.2) is 47.3 Å². The molecule has 35 heavy (non-hydrogen) atoms. The standard InChI is InChI=1S/C26H29FN4O3S/c1-17(32)28-21-8-9-22-23(16-21)29-26(35)31(25(22)34)13-3-2-12-30-14-10-19(11-15-30)24(33)18-4-6-20(27)7-5-18/h4-9,16,19H,2-3,10-15H2,1H3,(H,28,32)(H,29,35). The number of nitrogens with one attached hydrogen (secondary N) is 2. The van der Waals surface area contributed by atoms with Gasteiger partial charge >= 0.3 is 0 Å². The molecule has 1 saturated heterocycles. The first kappa shape index (κ1) is 24.9. The Kier molecular flexibility index (Phi) is 7.87. The van der Waals surface area contributed by atoms with Crippen LogP contribution < -0.4 is 10.9 Å². The van der Waals surface area contributed by atoms with Crippen molar-refractivity contribution in [1.29, 1.82) is 0 Å². The molecule has 0 unspecified atom stereocenters. The lowest BCUT2D eigenvalue weighted by molar-refractivity contribution is -0.114. The van der Waals surface area contributed by atoms with Crippen molar-refractivity contribution in [2.45, 2.75) is 39.2 Å². The van der Waals surface area contributed by atoms with E-state index >= 15 is 0 Å². The first-order valence-electron chi connectivity index (χ1n) is 11.9. The van der Waals surface area contributed by atoms with Gasteiger partial charge in [-0.15, -0.1) is 0 Å². The summed E-state index contributed by atoms with van der Waals surface area (Å²) in [4.78, 5) is 42.3. The second-order valence-corrected chi connectivity index (χ2v) is 9.41. The zero-order valence-electron chi connectivity index (χ0n) is 19.7. The van der Waals surface area contributed by atoms with Crippen LogP contribution in [0.5, 0.6) is 0 Å². The number of benzene rings is 2. The third-order valence-electron chi connectivity index (χ3n) is 6.50. The lowest BCUT2D eigenvalue weighted by Gasteiger charge is -2.31. The molecule has 2 aromatic carbocycles. The summed E-state index contributed by atoms with van der Waals surface area (Å²) in [5.74, 6) is -0.435. The van der Waals surface area contributed by atoms with Crippen LogP contribution >= 0.6 is 12.2 Å². The second-order valence-electron chi connectivity index (χ2n) is 9.02. The third kappa shape index (κ3) is 6.10. The number of H-pyrrole nitrogens is 1. The van der Waals surface area contributed by atoms with Gasteiger partial charge in [0.2, 0.25) is 5.91 Å². The number of nitrogens with zero attached hydrogens (tertiary/aromatic N) is 2. The van der Waals surface area contributed by atoms with Gasteiger partial charge in [-0.1, -0.05) is 0 Å². The fraction of sp³-hybridized carbons (Fsp3) is 0.385. The van der Waals surface area contributed by atoms with Crippen LogP contribution in [0.25, 0.3) is 10.9 Å². The van der Waals surface area contributed by atoms with Crippen LogP contribution in [0.1, 0.15) is 43.0 Å². The molecular weight excluding hydrogens is 467 g/mol. The Bertz CT molecular complexity index is 1340. The van der Waals surface area contributed by atoms with Gasteiger partial charge in [-0.2, -0.15) is 0 Å². The van der Waals surface area contributed by atoms with Crippen LogP contribution in [0.3, 0.4) is 0 Å². The number of anilines is 1. The van der Waals surface area contributed by atoms with E-state index in [1.165, 1.54) is 19.1 Å². The summed E-state index contributed by atoms with van der Waals surface area (Å²) in [6.45, 7) is 4.56. The number of unbranched alkanes of at least 4 members (excludes halogenated alkanes) is 1. The zero-order valence-corrected chi connectivity index (χ0v) is 20.5. The Labute approximate surface area is 208 Å². The minimum Gasteiger partial charge on any atom is -0.331 e. The summed E-state index contributed by atoms with van der Waals surface area (Å²) in [5, 5.41) is 3.23. The monoisotopic (exact) mass is 496 g/mol. The molecular formula is C26H29FN4O3S. The van der Waals surface area contributed by atoms with Gasteiger partial charge in [-0.25, -0.2) is 4.39 Å². The number of aromatic amines is 1. The van der Waals surface area contributed by atoms with Crippen molar-refractivity contribution >= 4 is 40.5 Å². The number of fused-ring (bicyclic) bond motifs is 1. The number of hydrogen-bond donors (Lipinski definition) is 2. The molecule has 1 aliphatic heterocycles. The van der Waals surface area contributed by atoms with E-state index in [1.54, 1.807) is 34.9 Å². The maximum atomic E-state index is 13.1. The van der Waals surface area contributed by atoms with Crippen molar-refractivity contribution < 1.29 is 14.0 Å². The highest BCUT2D eigenvalue weighted by molar-refractivity contribution is 7.71. The molecule has 3 aromatic rings. The van der Waals surface area contributed by atoms with Crippen molar-refractivity contribution in [2.24, 2.45) is 5.92 Å². The average Bonchev–Trinajstić information content (AvgIpc) is 2.83. The van der Waals surface area contributed by atoms with Gasteiger partial charge in [-0.3, -0.25) is 19.0 Å². The van der Waals surface area contributed by atoms with Gasteiger partial charge in [0.1, 0.15) is 5.82 Å². The molecule has 1 aliphatic rings. The van der Waals surface area contributed by atoms with Crippen molar-refractivity contribution in [3.05, 3.63) is 69.0 Å². The molecule has 1 aromatic heterocycles. The van der Waals surface area contributed by atoms with E-state index in [-0.39, 0.29) is 29.0 Å². The molecule has 184 valence electrons. The Morgan fingerprint density at radius 3 is 2.46 bits per heavy atom. The average molecular weight is 497 g/mol. The van der Waals surface area contributed by atoms with E-state index < -0.39 is 0 Å². The molecule has 2 heterocycles. The largest absolute Gasteiger partial charge is 0.331 e. The van der Waals surface area contributed by atoms with Gasteiger partial charge in [0.15, 0.2) is 10.6 Å². The van der Waals surface area contributed by atoms with Crippen LogP contribution in [0.4, 0.5) is 10.1 Å². The van der Waals surface area contributed by atoms with Gasteiger partial charge < -0.3 is 15.2 Å². The maximum absolute atomic E-state index is 13.1. The smallest absolute Gasteiger partial charge is 0.262 e. The molecule has 1 fully saturated rings. The Morgan fingerprint density at radius 1 is 1.09 bits per heavy atom. The van der Waals surface area contributed by atoms with E-state index in [4.69, 9.17) is 12.2 Å². The summed E-state index contributed by atoms with van der Waals surface area (Å²) in [5.41, 5.74) is 1.64. The number of aromatic nitrogens is 2. The molecule has 0 radical (unpaired) electrons. The molecule has 4 rings (SSSR count). The van der Waals surface area contributed by atoms with Crippen LogP contribution in [-0.4, -0.2) is 45.8 Å². The summed E-state index contributed by atoms with van der Waals surface area (Å²) < 4.78 is 15.1. The minimum atomic E-state index is -0.334. The highest BCUT2D eigenvalue weighted by atomic mass is 32.1. The molecule has 7 nitrogen and oxygen atoms in total. The predicted octanol–water partition coefficient (Wildman–Crippen LogP) is 4.53. The Morgan fingerprint density at radius 2 is 1.77 bits per heavy atom. The van der Waals surface area contributed by atoms with Crippen molar-refractivity contribution in [2.75, 3.05) is 25.0 Å². The van der Waals surface area contributed by atoms with E-state index in [0.717, 1.165) is 45.3 Å². The fourth-order valence-corrected chi connectivity index (χ4v) is 4.90. The lowest BCUT2D eigenvalue weighted by atomic mass is 9.89. The van der Waals surface area contributed by atoms with E-state index in [9.17, 15) is 18.8 Å². The molecule has 0 bridgehead atoms. The molecule has 0 spiro atoms. The summed E-state index contributed by atoms with van der Waals surface area (Å²) in [7, 11) is 0. The predicted molar refractivity (Wildman–Crippen MR) is 137 cm³/mol. The first-order valence-corrected chi connectivity index (χ1v) is 12.3. The molecule has 2 N–H and O–H groups in total. The fourth-order valence-electron chi connectivity index (χ4n) is 4.61. The number of carbonyl (C=O) groups is 2. The highest BCUT2D eigenvalue weighted by Gasteiger charge is 2.25. The third-order valence-corrected chi connectivity index (χ3v) is 6.82. The molecule has 0 aliphatic carbocycles. The topological polar surface area (TPSA) is 87.2 Å². The minimum absolute atomic E-state index is 0.0163. The summed E-state index contributed by atoms with van der Waals surface area (Å²) in [6.07, 6.45) is 3.32. The van der Waals surface area contributed by atoms with Crippen LogP contribution in [0, 0.1) is 16.5 Å². The molecule has 9 heteroatoms. The number of hydrogen-bond acceptors (Lipinski definition) is 5. The highest BCUT2D eigenvalue weighted by Crippen LogP contribution is 2.22. The number of likely N-dealkylation sites (tertiary alicyclic amines) is 1. The number of ketones is 1. The maximum Gasteiger partial charge on any atom is 0.262 e. The van der Waals surface area contributed by atoms with Crippen LogP contribution in [0.2, 0.25) is 0 Å². The SMILES string of the molecule is CC(=O)Nc1ccc2c(=O)n(CCCCN3CCC(C(=O)c4ccc(F)cc4)CC3)c(=S)[nH]c2c1. The van der Waals surface area contributed by atoms with E-state index in [2.05, 4.69) is 15.2 Å². The Hall–Kier alpha value is -3.17. The molecule has 0 atom stereocenters. The zero-order chi connectivity index (χ0) is 24.9. The molecule has 1 amide bonds. The Balaban J connectivity index is 1.27. The number of halogens is 1. The number of rotatable bonds is 8. The number of piperidine rings is 1. The van der Waals surface area contributed by atoms with Gasteiger partial charge in [-0.05, 0) is 100.0 Å². The summed E-state index contributed by atoms with van der Waals surface area (Å²) in [6, 6.07) is 10.9. The number of carbonyl (C=O) groups excluding carboxylic acids is 2. The van der Waals surface area contributed by atoms with E-state index in [1.807, 2.05) is 0 Å². The first-order chi connectivity index (χ1) is 16.8. The molecule has 0 saturated carbocycles. The van der Waals surface area contributed by atoms with Crippen LogP contribution in [-0.2, 0) is 11.3 Å². The lowest BCUT2D eigenvalue weighted by Crippen LogP contribution is -2.37. The van der Waals surface area contributed by atoms with Crippen molar-refractivity contribution in [1.82, 2.24) is 14.5 Å².